The third kappa shape index (κ3) is 50.4. The Morgan fingerprint density at radius 2 is 0.600 bits per heavy atom. The van der Waals surface area contributed by atoms with E-state index < -0.39 is 12.1 Å². The van der Waals surface area contributed by atoms with E-state index in [-0.39, 0.29) is 44.4 Å². The first-order valence-electron chi connectivity index (χ1n) is 25.7. The van der Waals surface area contributed by atoms with Crippen molar-refractivity contribution in [1.29, 1.82) is 0 Å². The van der Waals surface area contributed by atoms with E-state index in [1.807, 2.05) is 0 Å². The lowest BCUT2D eigenvalue weighted by Crippen LogP contribution is -2.30. The molecule has 364 valence electrons. The van der Waals surface area contributed by atoms with Gasteiger partial charge in [-0.3, -0.25) is 14.4 Å². The van der Waals surface area contributed by atoms with Crippen molar-refractivity contribution in [2.75, 3.05) is 13.2 Å². The molecule has 0 aromatic carbocycles. The highest BCUT2D eigenvalue weighted by atomic mass is 16.6. The molecule has 0 saturated carbocycles. The standard InChI is InChI=1S/C59H92O6/c1-4-7-10-13-16-19-22-25-28-29-32-35-38-41-44-47-50-53-59(62)65-56(54-63-57(60)51-48-45-42-39-36-33-30-26-23-20-17-14-11-8-5-2)55-64-58(61)52-49-46-43-40-37-34-31-27-24-21-18-15-12-9-6-3/h7,10,16-21,25-28,30-32,35-37,39-41,44,56H,4-6,8-9,11-15,22-24,29,33-34,38,42-43,45-55H2,1-3H3/b10-7-,19-16-,20-17-,21-18-,28-25-,30-26-,31-27-,35-32-,39-36-,40-37-,44-41-. The van der Waals surface area contributed by atoms with Gasteiger partial charge in [-0.1, -0.05) is 180 Å². The molecule has 0 heterocycles. The Balaban J connectivity index is 4.64. The average molecular weight is 897 g/mol. The van der Waals surface area contributed by atoms with Gasteiger partial charge in [-0.15, -0.1) is 0 Å². The number of hydrogen-bond donors (Lipinski definition) is 0. The van der Waals surface area contributed by atoms with Gasteiger partial charge in [0.05, 0.1) is 0 Å². The van der Waals surface area contributed by atoms with Crippen LogP contribution in [0.4, 0.5) is 0 Å². The van der Waals surface area contributed by atoms with E-state index in [9.17, 15) is 14.4 Å². The van der Waals surface area contributed by atoms with Crippen LogP contribution in [-0.2, 0) is 28.6 Å². The molecule has 65 heavy (non-hydrogen) atoms. The summed E-state index contributed by atoms with van der Waals surface area (Å²) in [4.78, 5) is 38.0. The van der Waals surface area contributed by atoms with E-state index in [1.165, 1.54) is 51.4 Å². The Labute approximate surface area is 398 Å². The largest absolute Gasteiger partial charge is 0.462 e. The molecule has 0 fully saturated rings. The van der Waals surface area contributed by atoms with E-state index in [0.717, 1.165) is 89.9 Å². The quantitative estimate of drug-likeness (QED) is 0.0262. The zero-order valence-electron chi connectivity index (χ0n) is 41.4. The van der Waals surface area contributed by atoms with Gasteiger partial charge >= 0.3 is 17.9 Å². The number of carbonyl (C=O) groups excluding carboxylic acids is 3. The minimum absolute atomic E-state index is 0.138. The zero-order valence-corrected chi connectivity index (χ0v) is 41.4. The molecule has 0 rings (SSSR count). The van der Waals surface area contributed by atoms with E-state index in [2.05, 4.69) is 154 Å². The topological polar surface area (TPSA) is 78.9 Å². The summed E-state index contributed by atoms with van der Waals surface area (Å²) in [7, 11) is 0. The summed E-state index contributed by atoms with van der Waals surface area (Å²) in [6.07, 6.45) is 73.0. The number of hydrogen-bond acceptors (Lipinski definition) is 6. The van der Waals surface area contributed by atoms with Gasteiger partial charge in [0.1, 0.15) is 13.2 Å². The van der Waals surface area contributed by atoms with Gasteiger partial charge < -0.3 is 14.2 Å². The van der Waals surface area contributed by atoms with Crippen LogP contribution in [0.2, 0.25) is 0 Å². The molecule has 0 spiro atoms. The number of ether oxygens (including phenoxy) is 3. The third-order valence-corrected chi connectivity index (χ3v) is 10.1. The second-order valence-electron chi connectivity index (χ2n) is 16.3. The van der Waals surface area contributed by atoms with Gasteiger partial charge in [-0.2, -0.15) is 0 Å². The molecule has 0 aliphatic carbocycles. The van der Waals surface area contributed by atoms with Crippen molar-refractivity contribution in [1.82, 2.24) is 0 Å². The van der Waals surface area contributed by atoms with Crippen LogP contribution in [-0.4, -0.2) is 37.2 Å². The maximum Gasteiger partial charge on any atom is 0.306 e. The molecule has 0 radical (unpaired) electrons. The molecule has 0 aromatic rings. The zero-order chi connectivity index (χ0) is 47.2. The predicted molar refractivity (Wildman–Crippen MR) is 279 cm³/mol. The molecular formula is C59H92O6. The van der Waals surface area contributed by atoms with Crippen LogP contribution in [0.1, 0.15) is 201 Å². The second-order valence-corrected chi connectivity index (χ2v) is 16.3. The summed E-state index contributed by atoms with van der Waals surface area (Å²) in [5.41, 5.74) is 0. The Morgan fingerprint density at radius 3 is 0.923 bits per heavy atom. The summed E-state index contributed by atoms with van der Waals surface area (Å²) in [6, 6.07) is 0. The molecule has 0 bridgehead atoms. The van der Waals surface area contributed by atoms with Crippen LogP contribution in [0.5, 0.6) is 0 Å². The fourth-order valence-electron chi connectivity index (χ4n) is 6.25. The van der Waals surface area contributed by atoms with Crippen molar-refractivity contribution in [3.63, 3.8) is 0 Å². The highest BCUT2D eigenvalue weighted by Crippen LogP contribution is 2.10. The Kier molecular flexibility index (Phi) is 48.6. The van der Waals surface area contributed by atoms with Crippen molar-refractivity contribution >= 4 is 17.9 Å². The Hall–Kier alpha value is -4.45. The van der Waals surface area contributed by atoms with Crippen molar-refractivity contribution in [2.45, 2.75) is 207 Å². The van der Waals surface area contributed by atoms with Crippen LogP contribution in [0.25, 0.3) is 0 Å². The fraction of sp³-hybridized carbons (Fsp3) is 0.576. The number of esters is 3. The molecule has 0 amide bonds. The molecule has 0 aromatic heterocycles. The normalized spacial score (nSPS) is 12.8. The second kappa shape index (κ2) is 52.2. The average Bonchev–Trinajstić information content (AvgIpc) is 3.30. The molecule has 0 saturated heterocycles. The van der Waals surface area contributed by atoms with Crippen LogP contribution >= 0.6 is 0 Å². The van der Waals surface area contributed by atoms with Crippen LogP contribution < -0.4 is 0 Å². The molecule has 0 unspecified atom stereocenters. The fourth-order valence-corrected chi connectivity index (χ4v) is 6.25. The number of rotatable bonds is 44. The lowest BCUT2D eigenvalue weighted by molar-refractivity contribution is -0.167. The minimum Gasteiger partial charge on any atom is -0.462 e. The lowest BCUT2D eigenvalue weighted by atomic mass is 10.1. The first kappa shape index (κ1) is 60.5. The van der Waals surface area contributed by atoms with Crippen molar-refractivity contribution in [3.05, 3.63) is 134 Å². The predicted octanol–water partition coefficient (Wildman–Crippen LogP) is 17.1. The van der Waals surface area contributed by atoms with E-state index in [0.29, 0.717) is 19.3 Å². The summed E-state index contributed by atoms with van der Waals surface area (Å²) in [6.45, 7) is 6.32. The SMILES string of the molecule is CC/C=C\C/C=C\C/C=C\C/C=C\C/C=C\CCCC(=O)OC(COC(=O)CCCC/C=C\C/C=C\C/C=C\CCCCC)COC(=O)CCCC/C=C\C/C=C\C/C=C\CCCCC. The molecule has 0 atom stereocenters. The molecule has 6 nitrogen and oxygen atoms in total. The van der Waals surface area contributed by atoms with Crippen LogP contribution in [0, 0.1) is 0 Å². The first-order chi connectivity index (χ1) is 32.0. The molecule has 0 aliphatic rings. The first-order valence-corrected chi connectivity index (χ1v) is 25.7. The summed E-state index contributed by atoms with van der Waals surface area (Å²) >= 11 is 0. The maximum absolute atomic E-state index is 12.8. The summed E-state index contributed by atoms with van der Waals surface area (Å²) in [5, 5.41) is 0. The van der Waals surface area contributed by atoms with E-state index in [1.54, 1.807) is 0 Å². The third-order valence-electron chi connectivity index (χ3n) is 10.1. The maximum atomic E-state index is 12.8. The number of carbonyl (C=O) groups is 3. The number of unbranched alkanes of at least 4 members (excludes halogenated alkanes) is 11. The molecule has 0 aliphatic heterocycles. The van der Waals surface area contributed by atoms with Gasteiger partial charge in [0.25, 0.3) is 0 Å². The Morgan fingerprint density at radius 1 is 0.323 bits per heavy atom. The summed E-state index contributed by atoms with van der Waals surface area (Å²) < 4.78 is 16.7. The summed E-state index contributed by atoms with van der Waals surface area (Å²) in [5.74, 6) is -1.08. The van der Waals surface area contributed by atoms with Gasteiger partial charge in [0.15, 0.2) is 6.10 Å². The van der Waals surface area contributed by atoms with Gasteiger partial charge in [-0.25, -0.2) is 0 Å². The molecular weight excluding hydrogens is 805 g/mol. The highest BCUT2D eigenvalue weighted by molar-refractivity contribution is 5.71. The van der Waals surface area contributed by atoms with Crippen LogP contribution in [0.15, 0.2) is 134 Å². The van der Waals surface area contributed by atoms with Crippen molar-refractivity contribution in [3.8, 4) is 0 Å². The van der Waals surface area contributed by atoms with Crippen molar-refractivity contribution in [2.24, 2.45) is 0 Å². The smallest absolute Gasteiger partial charge is 0.306 e. The highest BCUT2D eigenvalue weighted by Gasteiger charge is 2.19. The van der Waals surface area contributed by atoms with E-state index >= 15 is 0 Å². The van der Waals surface area contributed by atoms with Gasteiger partial charge in [0, 0.05) is 19.3 Å². The number of allylic oxidation sites excluding steroid dienone is 22. The Bertz CT molecular complexity index is 1380. The molecule has 0 N–H and O–H groups in total. The van der Waals surface area contributed by atoms with Gasteiger partial charge in [-0.05, 0) is 135 Å². The minimum atomic E-state index is -0.843. The van der Waals surface area contributed by atoms with Gasteiger partial charge in [0.2, 0.25) is 0 Å². The van der Waals surface area contributed by atoms with Crippen LogP contribution in [0.3, 0.4) is 0 Å². The molecule has 6 heteroatoms. The lowest BCUT2D eigenvalue weighted by Gasteiger charge is -2.18. The monoisotopic (exact) mass is 897 g/mol. The van der Waals surface area contributed by atoms with E-state index in [4.69, 9.17) is 14.2 Å². The van der Waals surface area contributed by atoms with Crippen molar-refractivity contribution < 1.29 is 28.6 Å².